The van der Waals surface area contributed by atoms with E-state index in [2.05, 4.69) is 20.3 Å². The molecular formula is C10H10N6. The van der Waals surface area contributed by atoms with Crippen LogP contribution < -0.4 is 11.1 Å². The minimum Gasteiger partial charge on any atom is -0.395 e. The summed E-state index contributed by atoms with van der Waals surface area (Å²) < 4.78 is 0. The topological polar surface area (TPSA) is 103 Å². The number of nitrogen functional groups attached to an aromatic ring is 1. The SMILES string of the molecule is N#Cc1ccnc(NCc2cnc[nH]2)c1N. The van der Waals surface area contributed by atoms with E-state index in [-0.39, 0.29) is 0 Å². The fraction of sp³-hybridized carbons (Fsp3) is 0.100. The van der Waals surface area contributed by atoms with Crippen LogP contribution in [0.1, 0.15) is 11.3 Å². The molecule has 0 atom stereocenters. The lowest BCUT2D eigenvalue weighted by Gasteiger charge is -2.07. The van der Waals surface area contributed by atoms with E-state index >= 15 is 0 Å². The van der Waals surface area contributed by atoms with Crippen LogP contribution in [0, 0.1) is 11.3 Å². The number of rotatable bonds is 3. The van der Waals surface area contributed by atoms with Crippen molar-refractivity contribution in [1.29, 1.82) is 5.26 Å². The standard InChI is InChI=1S/C10H10N6/c11-3-7-1-2-14-10(9(7)12)15-5-8-4-13-6-16-8/h1-2,4,6H,5,12H2,(H,13,16)(H,14,15). The highest BCUT2D eigenvalue weighted by Crippen LogP contribution is 2.19. The molecule has 80 valence electrons. The number of nitrogens with zero attached hydrogens (tertiary/aromatic N) is 3. The van der Waals surface area contributed by atoms with Gasteiger partial charge in [0.1, 0.15) is 6.07 Å². The van der Waals surface area contributed by atoms with Crippen LogP contribution in [0.2, 0.25) is 0 Å². The van der Waals surface area contributed by atoms with Crippen molar-refractivity contribution in [2.75, 3.05) is 11.1 Å². The molecule has 0 spiro atoms. The van der Waals surface area contributed by atoms with Gasteiger partial charge in [-0.15, -0.1) is 0 Å². The molecule has 0 fully saturated rings. The molecule has 0 radical (unpaired) electrons. The third-order valence-electron chi connectivity index (χ3n) is 2.11. The van der Waals surface area contributed by atoms with Gasteiger partial charge in [-0.3, -0.25) is 0 Å². The molecule has 0 aliphatic heterocycles. The highest BCUT2D eigenvalue weighted by molar-refractivity contribution is 5.68. The maximum Gasteiger partial charge on any atom is 0.150 e. The molecule has 0 saturated carbocycles. The van der Waals surface area contributed by atoms with Crippen molar-refractivity contribution in [3.8, 4) is 6.07 Å². The molecule has 2 heterocycles. The third-order valence-corrected chi connectivity index (χ3v) is 2.11. The minimum absolute atomic E-state index is 0.365. The summed E-state index contributed by atoms with van der Waals surface area (Å²) >= 11 is 0. The van der Waals surface area contributed by atoms with Crippen molar-refractivity contribution in [3.05, 3.63) is 36.0 Å². The molecule has 0 aromatic carbocycles. The van der Waals surface area contributed by atoms with Crippen LogP contribution in [0.25, 0.3) is 0 Å². The van der Waals surface area contributed by atoms with Gasteiger partial charge in [-0.25, -0.2) is 9.97 Å². The second kappa shape index (κ2) is 4.31. The normalized spacial score (nSPS) is 9.69. The number of hydrogen-bond donors (Lipinski definition) is 3. The maximum absolute atomic E-state index is 8.79. The van der Waals surface area contributed by atoms with Gasteiger partial charge in [0.25, 0.3) is 0 Å². The Morgan fingerprint density at radius 2 is 2.44 bits per heavy atom. The summed E-state index contributed by atoms with van der Waals surface area (Å²) in [6.45, 7) is 0.534. The van der Waals surface area contributed by atoms with Gasteiger partial charge in [0.15, 0.2) is 5.82 Å². The lowest BCUT2D eigenvalue weighted by Crippen LogP contribution is -2.05. The second-order valence-corrected chi connectivity index (χ2v) is 3.16. The Morgan fingerprint density at radius 3 is 3.12 bits per heavy atom. The molecule has 6 heteroatoms. The first-order valence-electron chi connectivity index (χ1n) is 4.67. The van der Waals surface area contributed by atoms with Crippen LogP contribution in [0.5, 0.6) is 0 Å². The number of hydrogen-bond acceptors (Lipinski definition) is 5. The maximum atomic E-state index is 8.79. The summed E-state index contributed by atoms with van der Waals surface area (Å²) in [6, 6.07) is 3.58. The summed E-state index contributed by atoms with van der Waals surface area (Å²) in [7, 11) is 0. The molecule has 6 nitrogen and oxygen atoms in total. The van der Waals surface area contributed by atoms with Crippen LogP contribution in [0.4, 0.5) is 11.5 Å². The largest absolute Gasteiger partial charge is 0.395 e. The molecular weight excluding hydrogens is 204 g/mol. The van der Waals surface area contributed by atoms with Gasteiger partial charge in [-0.1, -0.05) is 0 Å². The molecule has 2 rings (SSSR count). The van der Waals surface area contributed by atoms with Gasteiger partial charge in [-0.2, -0.15) is 5.26 Å². The number of anilines is 2. The Balaban J connectivity index is 2.13. The van der Waals surface area contributed by atoms with Gasteiger partial charge in [0.2, 0.25) is 0 Å². The Bertz CT molecular complexity index is 511. The van der Waals surface area contributed by atoms with Gasteiger partial charge in [-0.05, 0) is 6.07 Å². The fourth-order valence-electron chi connectivity index (χ4n) is 1.27. The van der Waals surface area contributed by atoms with Crippen molar-refractivity contribution in [1.82, 2.24) is 15.0 Å². The molecule has 0 unspecified atom stereocenters. The number of nitrogens with one attached hydrogen (secondary N) is 2. The van der Waals surface area contributed by atoms with Crippen molar-refractivity contribution in [2.45, 2.75) is 6.54 Å². The van der Waals surface area contributed by atoms with Crippen molar-refractivity contribution in [3.63, 3.8) is 0 Å². The Morgan fingerprint density at radius 1 is 1.56 bits per heavy atom. The zero-order valence-corrected chi connectivity index (χ0v) is 8.44. The van der Waals surface area contributed by atoms with Gasteiger partial charge < -0.3 is 16.0 Å². The Labute approximate surface area is 92.1 Å². The summed E-state index contributed by atoms with van der Waals surface area (Å²) in [5.74, 6) is 0.508. The summed E-state index contributed by atoms with van der Waals surface area (Å²) in [6.07, 6.45) is 4.85. The average molecular weight is 214 g/mol. The lowest BCUT2D eigenvalue weighted by molar-refractivity contribution is 1.05. The predicted molar refractivity (Wildman–Crippen MR) is 59.3 cm³/mol. The molecule has 0 aliphatic carbocycles. The summed E-state index contributed by atoms with van der Waals surface area (Å²) in [5, 5.41) is 11.8. The molecule has 0 amide bonds. The summed E-state index contributed by atoms with van der Waals surface area (Å²) in [5.41, 5.74) is 7.46. The number of nitrogens with two attached hydrogens (primary N) is 1. The van der Waals surface area contributed by atoms with Crippen LogP contribution >= 0.6 is 0 Å². The third kappa shape index (κ3) is 1.93. The predicted octanol–water partition coefficient (Wildman–Crippen LogP) is 0.871. The van der Waals surface area contributed by atoms with Crippen LogP contribution in [0.3, 0.4) is 0 Å². The van der Waals surface area contributed by atoms with E-state index < -0.39 is 0 Å². The molecule has 0 bridgehead atoms. The molecule has 2 aromatic heterocycles. The zero-order valence-electron chi connectivity index (χ0n) is 8.44. The zero-order chi connectivity index (χ0) is 11.4. The quantitative estimate of drug-likeness (QED) is 0.703. The average Bonchev–Trinajstić information content (AvgIpc) is 2.81. The van der Waals surface area contributed by atoms with Gasteiger partial charge in [0.05, 0.1) is 29.8 Å². The molecule has 16 heavy (non-hydrogen) atoms. The van der Waals surface area contributed by atoms with Crippen LogP contribution in [-0.4, -0.2) is 15.0 Å². The number of aromatic nitrogens is 3. The number of nitriles is 1. The van der Waals surface area contributed by atoms with Crippen molar-refractivity contribution >= 4 is 11.5 Å². The number of imidazole rings is 1. The summed E-state index contributed by atoms with van der Waals surface area (Å²) in [4.78, 5) is 10.9. The number of pyridine rings is 1. The molecule has 0 saturated heterocycles. The van der Waals surface area contributed by atoms with Crippen molar-refractivity contribution in [2.24, 2.45) is 0 Å². The van der Waals surface area contributed by atoms with E-state index in [0.717, 1.165) is 5.69 Å². The second-order valence-electron chi connectivity index (χ2n) is 3.16. The van der Waals surface area contributed by atoms with Gasteiger partial charge >= 0.3 is 0 Å². The highest BCUT2D eigenvalue weighted by atomic mass is 15.0. The Kier molecular flexibility index (Phi) is 2.69. The van der Waals surface area contributed by atoms with E-state index in [1.54, 1.807) is 24.8 Å². The van der Waals surface area contributed by atoms with E-state index in [4.69, 9.17) is 11.0 Å². The smallest absolute Gasteiger partial charge is 0.150 e. The van der Waals surface area contributed by atoms with Crippen LogP contribution in [0.15, 0.2) is 24.8 Å². The van der Waals surface area contributed by atoms with E-state index in [9.17, 15) is 0 Å². The highest BCUT2D eigenvalue weighted by Gasteiger charge is 2.05. The monoisotopic (exact) mass is 214 g/mol. The van der Waals surface area contributed by atoms with Crippen LogP contribution in [-0.2, 0) is 6.54 Å². The lowest BCUT2D eigenvalue weighted by atomic mass is 10.2. The first-order valence-corrected chi connectivity index (χ1v) is 4.67. The number of aromatic amines is 1. The first kappa shape index (κ1) is 9.98. The minimum atomic E-state index is 0.365. The van der Waals surface area contributed by atoms with E-state index in [1.807, 2.05) is 6.07 Å². The molecule has 2 aromatic rings. The van der Waals surface area contributed by atoms with Crippen molar-refractivity contribution < 1.29 is 0 Å². The molecule has 4 N–H and O–H groups in total. The fourth-order valence-corrected chi connectivity index (χ4v) is 1.27. The van der Waals surface area contributed by atoms with E-state index in [1.165, 1.54) is 0 Å². The van der Waals surface area contributed by atoms with Gasteiger partial charge in [0, 0.05) is 12.4 Å². The van der Waals surface area contributed by atoms with E-state index in [0.29, 0.717) is 23.6 Å². The number of H-pyrrole nitrogens is 1. The Hall–Kier alpha value is -2.55. The first-order chi connectivity index (χ1) is 7.81. The molecule has 0 aliphatic rings.